The molecule has 6 aromatic rings. The first-order chi connectivity index (χ1) is 23.9. The predicted octanol–water partition coefficient (Wildman–Crippen LogP) is 6.61. The number of hydrogen-bond acceptors (Lipinski definition) is 8. The average Bonchev–Trinajstić information content (AvgIpc) is 3.45. The van der Waals surface area contributed by atoms with Crippen molar-refractivity contribution in [3.63, 3.8) is 0 Å². The van der Waals surface area contributed by atoms with Gasteiger partial charge in [-0.25, -0.2) is 9.79 Å². The van der Waals surface area contributed by atoms with Gasteiger partial charge in [-0.3, -0.25) is 19.5 Å². The largest absolute Gasteiger partial charge is 0.497 e. The van der Waals surface area contributed by atoms with Gasteiger partial charge in [-0.1, -0.05) is 78.1 Å². The second-order valence-corrected chi connectivity index (χ2v) is 12.8. The van der Waals surface area contributed by atoms with E-state index in [1.54, 1.807) is 23.8 Å². The number of aryl methyl sites for hydroxylation is 1. The van der Waals surface area contributed by atoms with Crippen LogP contribution < -0.4 is 24.4 Å². The lowest BCUT2D eigenvalue weighted by Gasteiger charge is -2.30. The number of hydrogen-bond donors (Lipinski definition) is 0. The van der Waals surface area contributed by atoms with Crippen molar-refractivity contribution in [1.82, 2.24) is 4.57 Å². The van der Waals surface area contributed by atoms with Crippen molar-refractivity contribution in [3.05, 3.63) is 172 Å². The number of carbonyl (C=O) groups is 1. The predicted molar refractivity (Wildman–Crippen MR) is 188 cm³/mol. The van der Waals surface area contributed by atoms with Crippen LogP contribution in [0.2, 0.25) is 0 Å². The zero-order chi connectivity index (χ0) is 33.6. The zero-order valence-electron chi connectivity index (χ0n) is 26.2. The number of nitrogens with zero attached hydrogens (tertiary/aromatic N) is 3. The minimum atomic E-state index is -0.674. The maximum Gasteiger partial charge on any atom is 0.343 e. The van der Waals surface area contributed by atoms with Gasteiger partial charge in [-0.05, 0) is 76.7 Å². The summed E-state index contributed by atoms with van der Waals surface area (Å²) in [6, 6.07) is 32.2. The molecule has 0 spiro atoms. The van der Waals surface area contributed by atoms with Crippen molar-refractivity contribution in [3.8, 4) is 11.5 Å². The third kappa shape index (κ3) is 5.32. The van der Waals surface area contributed by atoms with Crippen molar-refractivity contribution in [2.45, 2.75) is 18.9 Å². The van der Waals surface area contributed by atoms with E-state index in [9.17, 15) is 19.7 Å². The fourth-order valence-electron chi connectivity index (χ4n) is 6.63. The minimum Gasteiger partial charge on any atom is -0.497 e. The molecule has 0 bridgehead atoms. The van der Waals surface area contributed by atoms with Gasteiger partial charge in [0.15, 0.2) is 4.80 Å². The topological polar surface area (TPSA) is 113 Å². The van der Waals surface area contributed by atoms with E-state index in [1.165, 1.54) is 41.2 Å². The lowest BCUT2D eigenvalue weighted by atomic mass is 9.83. The highest BCUT2D eigenvalue weighted by atomic mass is 32.1. The van der Waals surface area contributed by atoms with Crippen LogP contribution >= 0.6 is 11.3 Å². The number of aromatic nitrogens is 1. The number of ether oxygens (including phenoxy) is 2. The number of allylic oxidation sites excluding steroid dienone is 1. The van der Waals surface area contributed by atoms with Crippen molar-refractivity contribution in [2.75, 3.05) is 7.11 Å². The van der Waals surface area contributed by atoms with Crippen LogP contribution in [-0.2, 0) is 6.42 Å². The summed E-state index contributed by atoms with van der Waals surface area (Å²) in [7, 11) is 1.63. The summed E-state index contributed by atoms with van der Waals surface area (Å²) < 4.78 is 13.5. The Hall–Kier alpha value is -6.13. The number of fused-ring (bicyclic) bond motifs is 4. The third-order valence-corrected chi connectivity index (χ3v) is 10.0. The Kier molecular flexibility index (Phi) is 7.49. The molecule has 0 saturated heterocycles. The molecular formula is C39H27N3O6S. The molecule has 0 radical (unpaired) electrons. The average molecular weight is 666 g/mol. The summed E-state index contributed by atoms with van der Waals surface area (Å²) in [5.41, 5.74) is 5.65. The molecule has 0 N–H and O–H groups in total. The lowest BCUT2D eigenvalue weighted by Crippen LogP contribution is -2.38. The van der Waals surface area contributed by atoms with Crippen LogP contribution in [0, 0.1) is 10.1 Å². The number of non-ortho nitro benzene ring substituents is 1. The highest BCUT2D eigenvalue weighted by Gasteiger charge is 2.32. The smallest absolute Gasteiger partial charge is 0.343 e. The molecule has 1 aromatic heterocycles. The molecule has 1 aliphatic carbocycles. The Morgan fingerprint density at radius 3 is 2.47 bits per heavy atom. The normalized spacial score (nSPS) is 15.2. The van der Waals surface area contributed by atoms with Gasteiger partial charge in [-0.2, -0.15) is 0 Å². The molecule has 10 heteroatoms. The van der Waals surface area contributed by atoms with Crippen LogP contribution in [0.3, 0.4) is 0 Å². The van der Waals surface area contributed by atoms with Gasteiger partial charge in [0, 0.05) is 23.3 Å². The Morgan fingerprint density at radius 2 is 1.69 bits per heavy atom. The Morgan fingerprint density at radius 1 is 0.939 bits per heavy atom. The molecular weight excluding hydrogens is 639 g/mol. The molecule has 1 atom stereocenters. The zero-order valence-corrected chi connectivity index (χ0v) is 27.0. The number of nitro benzene ring substituents is 1. The minimum absolute atomic E-state index is 0.128. The molecule has 0 unspecified atom stereocenters. The number of methoxy groups -OCH3 is 1. The Bertz CT molecular complexity index is 2530. The molecule has 0 fully saturated rings. The van der Waals surface area contributed by atoms with Crippen LogP contribution in [0.4, 0.5) is 5.69 Å². The quantitative estimate of drug-likeness (QED) is 0.0857. The molecule has 2 aliphatic rings. The molecule has 9 nitrogen and oxygen atoms in total. The van der Waals surface area contributed by atoms with Gasteiger partial charge < -0.3 is 9.47 Å². The first-order valence-corrected chi connectivity index (χ1v) is 16.5. The maximum absolute atomic E-state index is 14.5. The molecule has 8 rings (SSSR count). The summed E-state index contributed by atoms with van der Waals surface area (Å²) >= 11 is 1.30. The van der Waals surface area contributed by atoms with Gasteiger partial charge in [0.2, 0.25) is 0 Å². The lowest BCUT2D eigenvalue weighted by molar-refractivity contribution is -0.384. The van der Waals surface area contributed by atoms with Crippen molar-refractivity contribution < 1.29 is 19.2 Å². The number of thiazole rings is 1. The Labute approximate surface area is 283 Å². The van der Waals surface area contributed by atoms with E-state index in [2.05, 4.69) is 12.1 Å². The van der Waals surface area contributed by atoms with Crippen molar-refractivity contribution >= 4 is 45.5 Å². The molecule has 2 heterocycles. The van der Waals surface area contributed by atoms with E-state index in [1.807, 2.05) is 66.7 Å². The fourth-order valence-corrected chi connectivity index (χ4v) is 7.61. The standard InChI is InChI=1S/C39H27N3O6S/c1-47-28-18-12-25(13-19-28)36-31-20-14-24-7-3-5-9-30(24)35(31)40-39-41(36)37(43)34(49-39)22-32-29-8-4-2-6-23(29)15-21-33(32)48-38(44)26-10-16-27(17-11-26)42(45)46/h2-13,15-19,21-22,36H,14,20H2,1H3/b34-22+/t36-/m0/s1. The molecule has 49 heavy (non-hydrogen) atoms. The van der Waals surface area contributed by atoms with Gasteiger partial charge in [0.25, 0.3) is 11.2 Å². The Balaban J connectivity index is 1.30. The van der Waals surface area contributed by atoms with Crippen molar-refractivity contribution in [1.29, 1.82) is 0 Å². The fraction of sp³-hybridized carbons (Fsp3) is 0.103. The number of rotatable bonds is 6. The van der Waals surface area contributed by atoms with E-state index >= 15 is 0 Å². The summed E-state index contributed by atoms with van der Waals surface area (Å²) in [6.07, 6.45) is 3.38. The third-order valence-electron chi connectivity index (χ3n) is 9.03. The molecule has 0 amide bonds. The number of benzene rings is 5. The highest BCUT2D eigenvalue weighted by molar-refractivity contribution is 7.07. The number of carbonyl (C=O) groups excluding carboxylic acids is 1. The molecule has 1 aliphatic heterocycles. The summed E-state index contributed by atoms with van der Waals surface area (Å²) in [6.45, 7) is 0. The van der Waals surface area contributed by atoms with Gasteiger partial charge in [-0.15, -0.1) is 0 Å². The van der Waals surface area contributed by atoms with Gasteiger partial charge >= 0.3 is 5.97 Å². The van der Waals surface area contributed by atoms with Crippen molar-refractivity contribution in [2.24, 2.45) is 4.99 Å². The van der Waals surface area contributed by atoms with E-state index in [-0.39, 0.29) is 28.6 Å². The SMILES string of the molecule is COc1ccc([C@H]2C3=C(N=c4s/c(=C/c5c(OC(=O)c6ccc([N+](=O)[O-])cc6)ccc6ccccc56)c(=O)n42)c2ccccc2CC3)cc1. The second kappa shape index (κ2) is 12.1. The second-order valence-electron chi connectivity index (χ2n) is 11.8. The van der Waals surface area contributed by atoms with Crippen LogP contribution in [0.5, 0.6) is 11.5 Å². The van der Waals surface area contributed by atoms with Gasteiger partial charge in [0.05, 0.1) is 33.9 Å². The maximum atomic E-state index is 14.5. The van der Waals surface area contributed by atoms with E-state index in [4.69, 9.17) is 14.5 Å². The van der Waals surface area contributed by atoms with Crippen LogP contribution in [-0.4, -0.2) is 22.6 Å². The van der Waals surface area contributed by atoms with E-state index < -0.39 is 10.9 Å². The monoisotopic (exact) mass is 665 g/mol. The molecule has 0 saturated carbocycles. The molecule has 5 aromatic carbocycles. The first kappa shape index (κ1) is 30.2. The van der Waals surface area contributed by atoms with Gasteiger partial charge in [0.1, 0.15) is 11.5 Å². The summed E-state index contributed by atoms with van der Waals surface area (Å²) in [5, 5.41) is 12.8. The van der Waals surface area contributed by atoms with E-state index in [0.717, 1.165) is 51.8 Å². The van der Waals surface area contributed by atoms with E-state index in [0.29, 0.717) is 14.9 Å². The number of nitro groups is 1. The summed E-state index contributed by atoms with van der Waals surface area (Å²) in [5.74, 6) is 0.311. The number of esters is 1. The molecule has 240 valence electrons. The highest BCUT2D eigenvalue weighted by Crippen LogP contribution is 2.41. The van der Waals surface area contributed by atoms with Crippen LogP contribution in [0.1, 0.15) is 45.1 Å². The van der Waals surface area contributed by atoms with Crippen LogP contribution in [0.15, 0.2) is 125 Å². The first-order valence-electron chi connectivity index (χ1n) is 15.6. The summed E-state index contributed by atoms with van der Waals surface area (Å²) in [4.78, 5) is 44.0. The van der Waals surface area contributed by atoms with Crippen LogP contribution in [0.25, 0.3) is 22.5 Å².